The van der Waals surface area contributed by atoms with Gasteiger partial charge in [-0.05, 0) is 6.42 Å². The Kier molecular flexibility index (Phi) is 17.0. The van der Waals surface area contributed by atoms with Crippen LogP contribution in [0.2, 0.25) is 0 Å². The SMILES string of the molecule is C=CC(=O)OC.C=CC(=O)OOS(=O)(=O)CCC.[Na]. The van der Waals surface area contributed by atoms with Crippen LogP contribution in [0.3, 0.4) is 0 Å². The van der Waals surface area contributed by atoms with Gasteiger partial charge in [0.05, 0.1) is 12.9 Å². The number of methoxy groups -OCH3 is 1. The molecule has 0 N–H and O–H groups in total. The molecule has 0 saturated heterocycles. The summed E-state index contributed by atoms with van der Waals surface area (Å²) >= 11 is 0. The molecule has 0 unspecified atom stereocenters. The maximum absolute atomic E-state index is 10.7. The third kappa shape index (κ3) is 17.3. The molecule has 7 nitrogen and oxygen atoms in total. The van der Waals surface area contributed by atoms with E-state index in [0.29, 0.717) is 6.42 Å². The Morgan fingerprint density at radius 2 is 1.63 bits per heavy atom. The number of hydrogen-bond acceptors (Lipinski definition) is 7. The van der Waals surface area contributed by atoms with Crippen LogP contribution < -0.4 is 0 Å². The molecule has 1 radical (unpaired) electrons. The first kappa shape index (κ1) is 23.4. The van der Waals surface area contributed by atoms with Crippen molar-refractivity contribution in [3.8, 4) is 0 Å². The predicted molar refractivity (Wildman–Crippen MR) is 69.4 cm³/mol. The van der Waals surface area contributed by atoms with Gasteiger partial charge in [0.1, 0.15) is 0 Å². The third-order valence-electron chi connectivity index (χ3n) is 1.21. The van der Waals surface area contributed by atoms with Gasteiger partial charge in [-0.1, -0.05) is 24.4 Å². The first-order valence-corrected chi connectivity index (χ1v) is 6.36. The summed E-state index contributed by atoms with van der Waals surface area (Å²) in [4.78, 5) is 24.0. The molecule has 0 aliphatic rings. The van der Waals surface area contributed by atoms with E-state index in [0.717, 1.165) is 12.2 Å². The molecule has 0 rings (SSSR count). The van der Waals surface area contributed by atoms with Crippen molar-refractivity contribution in [2.45, 2.75) is 13.3 Å². The van der Waals surface area contributed by atoms with Gasteiger partial charge in [0.15, 0.2) is 0 Å². The summed E-state index contributed by atoms with van der Waals surface area (Å²) in [5.74, 6) is -1.51. The normalized spacial score (nSPS) is 8.95. The van der Waals surface area contributed by atoms with Crippen LogP contribution in [0.15, 0.2) is 25.3 Å². The van der Waals surface area contributed by atoms with Gasteiger partial charge in [0.2, 0.25) is 0 Å². The maximum Gasteiger partial charge on any atom is 0.366 e. The smallest absolute Gasteiger partial charge is 0.366 e. The first-order chi connectivity index (χ1) is 8.32. The second-order valence-corrected chi connectivity index (χ2v) is 4.32. The van der Waals surface area contributed by atoms with Gasteiger partial charge in [-0.15, -0.1) is 0 Å². The van der Waals surface area contributed by atoms with Gasteiger partial charge in [0, 0.05) is 41.7 Å². The maximum atomic E-state index is 10.7. The molecule has 0 bridgehead atoms. The van der Waals surface area contributed by atoms with Gasteiger partial charge in [-0.25, -0.2) is 9.59 Å². The van der Waals surface area contributed by atoms with Crippen molar-refractivity contribution in [1.82, 2.24) is 0 Å². The Morgan fingerprint density at radius 1 is 1.16 bits per heavy atom. The predicted octanol–water partition coefficient (Wildman–Crippen LogP) is 0.352. The molecule has 0 aromatic rings. The molecule has 0 aromatic carbocycles. The summed E-state index contributed by atoms with van der Waals surface area (Å²) in [5, 5.41) is 0. The van der Waals surface area contributed by atoms with Crippen LogP contribution in [0.25, 0.3) is 0 Å². The van der Waals surface area contributed by atoms with E-state index in [4.69, 9.17) is 0 Å². The van der Waals surface area contributed by atoms with Crippen molar-refractivity contribution in [2.75, 3.05) is 12.9 Å². The topological polar surface area (TPSA) is 96.0 Å². The molecule has 0 amide bonds. The molecule has 0 fully saturated rings. The molecule has 0 saturated carbocycles. The zero-order valence-corrected chi connectivity index (χ0v) is 14.1. The summed E-state index contributed by atoms with van der Waals surface area (Å²) in [7, 11) is -2.42. The van der Waals surface area contributed by atoms with E-state index < -0.39 is 22.1 Å². The molecule has 0 atom stereocenters. The summed E-state index contributed by atoms with van der Waals surface area (Å²) in [5.41, 5.74) is 0. The standard InChI is InChI=1S/C6H10O5S.C4H6O2.Na/c1-3-5-12(8,9)11-10-6(7)4-2;1-3-4(5)6-2;/h4H,2-3,5H2,1H3;3H,1H2,2H3;. The molecule has 0 aliphatic heterocycles. The Balaban J connectivity index is -0.000000313. The molecular formula is C10H16NaO7S. The number of esters is 1. The van der Waals surface area contributed by atoms with Crippen molar-refractivity contribution < 1.29 is 32.0 Å². The molecule has 9 heteroatoms. The van der Waals surface area contributed by atoms with Crippen LogP contribution in [0.4, 0.5) is 0 Å². The van der Waals surface area contributed by atoms with Gasteiger partial charge in [0.25, 0.3) is 0 Å². The Morgan fingerprint density at radius 3 is 1.89 bits per heavy atom. The fraction of sp³-hybridized carbons (Fsp3) is 0.400. The van der Waals surface area contributed by atoms with E-state index in [-0.39, 0.29) is 35.3 Å². The molecular weight excluding hydrogens is 287 g/mol. The van der Waals surface area contributed by atoms with Crippen LogP contribution in [0, 0.1) is 0 Å². The second kappa shape index (κ2) is 13.8. The van der Waals surface area contributed by atoms with Crippen LogP contribution >= 0.6 is 0 Å². The number of ether oxygens (including phenoxy) is 1. The summed E-state index contributed by atoms with van der Waals surface area (Å²) in [6, 6.07) is 0. The van der Waals surface area contributed by atoms with E-state index >= 15 is 0 Å². The summed E-state index contributed by atoms with van der Waals surface area (Å²) in [6.07, 6.45) is 2.31. The molecule has 105 valence electrons. The second-order valence-electron chi connectivity index (χ2n) is 2.66. The molecule has 0 aliphatic carbocycles. The zero-order chi connectivity index (χ0) is 14.6. The monoisotopic (exact) mass is 303 g/mol. The van der Waals surface area contributed by atoms with Crippen molar-refractivity contribution in [3.05, 3.63) is 25.3 Å². The summed E-state index contributed by atoms with van der Waals surface area (Å²) in [6.45, 7) is 7.88. The Bertz CT molecular complexity index is 389. The van der Waals surface area contributed by atoms with E-state index in [9.17, 15) is 18.0 Å². The fourth-order valence-electron chi connectivity index (χ4n) is 0.487. The number of rotatable bonds is 6. The number of carbonyl (C=O) groups is 2. The fourth-order valence-corrected chi connectivity index (χ4v) is 1.23. The third-order valence-corrected chi connectivity index (χ3v) is 2.39. The quantitative estimate of drug-likeness (QED) is 0.230. The average molecular weight is 303 g/mol. The van der Waals surface area contributed by atoms with E-state index in [1.807, 2.05) is 0 Å². The largest absolute Gasteiger partial charge is 0.466 e. The van der Waals surface area contributed by atoms with Crippen LogP contribution in [-0.2, 0) is 33.7 Å². The minimum atomic E-state index is -3.73. The minimum Gasteiger partial charge on any atom is -0.466 e. The molecule has 0 aromatic heterocycles. The van der Waals surface area contributed by atoms with Gasteiger partial charge in [-0.2, -0.15) is 8.42 Å². The van der Waals surface area contributed by atoms with Crippen molar-refractivity contribution in [1.29, 1.82) is 0 Å². The van der Waals surface area contributed by atoms with Crippen molar-refractivity contribution in [3.63, 3.8) is 0 Å². The van der Waals surface area contributed by atoms with E-state index in [2.05, 4.69) is 27.1 Å². The Hall–Kier alpha value is -0.670. The van der Waals surface area contributed by atoms with E-state index in [1.54, 1.807) is 6.92 Å². The zero-order valence-electron chi connectivity index (χ0n) is 11.2. The van der Waals surface area contributed by atoms with Gasteiger partial charge in [-0.3, -0.25) is 4.89 Å². The number of hydrogen-bond donors (Lipinski definition) is 0. The van der Waals surface area contributed by atoms with Crippen molar-refractivity contribution >= 4 is 51.6 Å². The van der Waals surface area contributed by atoms with E-state index in [1.165, 1.54) is 7.11 Å². The van der Waals surface area contributed by atoms with Crippen molar-refractivity contribution in [2.24, 2.45) is 0 Å². The van der Waals surface area contributed by atoms with Gasteiger partial charge >= 0.3 is 22.1 Å². The minimum absolute atomic E-state index is 0. The van der Waals surface area contributed by atoms with Crippen LogP contribution in [0.5, 0.6) is 0 Å². The summed E-state index contributed by atoms with van der Waals surface area (Å²) < 4.78 is 29.5. The Labute approximate surface area is 134 Å². The van der Waals surface area contributed by atoms with Gasteiger partial charge < -0.3 is 4.74 Å². The van der Waals surface area contributed by atoms with Crippen LogP contribution in [0.1, 0.15) is 13.3 Å². The number of carbonyl (C=O) groups excluding carboxylic acids is 2. The molecule has 19 heavy (non-hydrogen) atoms. The van der Waals surface area contributed by atoms with Crippen LogP contribution in [-0.4, -0.2) is 62.8 Å². The molecule has 0 heterocycles. The first-order valence-electron chi connectivity index (χ1n) is 4.78. The molecule has 0 spiro atoms. The average Bonchev–Trinajstić information content (AvgIpc) is 2.35.